The summed E-state index contributed by atoms with van der Waals surface area (Å²) in [4.78, 5) is 0. The van der Waals surface area contributed by atoms with Gasteiger partial charge in [0.2, 0.25) is 0 Å². The number of ether oxygens (including phenoxy) is 1. The molecule has 1 rings (SSSR count). The standard InChI is InChI=1S/C10H18N2O/c1-12-10(6-7-13-2)5-3-4-9(11)8-10/h3-5,12H,6-8,11H2,1-2H3. The van der Waals surface area contributed by atoms with Crippen LogP contribution in [0.4, 0.5) is 0 Å². The first-order chi connectivity index (χ1) is 6.22. The van der Waals surface area contributed by atoms with Crippen molar-refractivity contribution >= 4 is 0 Å². The zero-order valence-corrected chi connectivity index (χ0v) is 8.34. The van der Waals surface area contributed by atoms with Crippen LogP contribution in [0, 0.1) is 0 Å². The molecule has 0 bridgehead atoms. The van der Waals surface area contributed by atoms with Gasteiger partial charge >= 0.3 is 0 Å². The van der Waals surface area contributed by atoms with Crippen LogP contribution in [0.3, 0.4) is 0 Å². The first kappa shape index (κ1) is 10.3. The Morgan fingerprint density at radius 3 is 3.00 bits per heavy atom. The van der Waals surface area contributed by atoms with Crippen molar-refractivity contribution in [3.05, 3.63) is 23.9 Å². The molecule has 0 aromatic heterocycles. The van der Waals surface area contributed by atoms with Gasteiger partial charge in [0, 0.05) is 31.4 Å². The van der Waals surface area contributed by atoms with E-state index in [0.717, 1.165) is 25.1 Å². The molecule has 0 saturated carbocycles. The van der Waals surface area contributed by atoms with E-state index in [9.17, 15) is 0 Å². The minimum Gasteiger partial charge on any atom is -0.402 e. The van der Waals surface area contributed by atoms with Gasteiger partial charge < -0.3 is 15.8 Å². The van der Waals surface area contributed by atoms with Crippen molar-refractivity contribution in [3.63, 3.8) is 0 Å². The highest BCUT2D eigenvalue weighted by molar-refractivity contribution is 5.25. The zero-order chi connectivity index (χ0) is 9.73. The van der Waals surface area contributed by atoms with Gasteiger partial charge in [-0.05, 0) is 19.5 Å². The highest BCUT2D eigenvalue weighted by atomic mass is 16.5. The number of rotatable bonds is 4. The average molecular weight is 182 g/mol. The molecule has 0 amide bonds. The lowest BCUT2D eigenvalue weighted by atomic mass is 9.87. The van der Waals surface area contributed by atoms with E-state index >= 15 is 0 Å². The second kappa shape index (κ2) is 4.44. The molecule has 0 aliphatic heterocycles. The molecular weight excluding hydrogens is 164 g/mol. The van der Waals surface area contributed by atoms with E-state index < -0.39 is 0 Å². The molecule has 3 heteroatoms. The summed E-state index contributed by atoms with van der Waals surface area (Å²) in [6, 6.07) is 0. The van der Waals surface area contributed by atoms with Crippen molar-refractivity contribution in [1.29, 1.82) is 0 Å². The van der Waals surface area contributed by atoms with Crippen molar-refractivity contribution in [1.82, 2.24) is 5.32 Å². The second-order valence-corrected chi connectivity index (χ2v) is 3.43. The van der Waals surface area contributed by atoms with Gasteiger partial charge in [-0.3, -0.25) is 0 Å². The quantitative estimate of drug-likeness (QED) is 0.675. The Hall–Kier alpha value is -0.800. The molecule has 0 radical (unpaired) electrons. The largest absolute Gasteiger partial charge is 0.402 e. The molecule has 0 spiro atoms. The fourth-order valence-corrected chi connectivity index (χ4v) is 1.59. The lowest BCUT2D eigenvalue weighted by Gasteiger charge is -2.32. The lowest BCUT2D eigenvalue weighted by Crippen LogP contribution is -2.44. The number of likely N-dealkylation sites (N-methyl/N-ethyl adjacent to an activating group) is 1. The number of methoxy groups -OCH3 is 1. The van der Waals surface area contributed by atoms with Crippen molar-refractivity contribution in [2.24, 2.45) is 5.73 Å². The Morgan fingerprint density at radius 2 is 2.46 bits per heavy atom. The van der Waals surface area contributed by atoms with Crippen LogP contribution in [0.5, 0.6) is 0 Å². The predicted octanol–water partition coefficient (Wildman–Crippen LogP) is 0.784. The summed E-state index contributed by atoms with van der Waals surface area (Å²) < 4.78 is 5.07. The number of nitrogens with one attached hydrogen (secondary N) is 1. The van der Waals surface area contributed by atoms with Crippen LogP contribution in [0.1, 0.15) is 12.8 Å². The molecule has 3 nitrogen and oxygen atoms in total. The Morgan fingerprint density at radius 1 is 1.69 bits per heavy atom. The van der Waals surface area contributed by atoms with Gasteiger partial charge in [-0.25, -0.2) is 0 Å². The van der Waals surface area contributed by atoms with E-state index in [2.05, 4.69) is 11.4 Å². The van der Waals surface area contributed by atoms with Crippen LogP contribution < -0.4 is 11.1 Å². The third-order valence-electron chi connectivity index (χ3n) is 2.50. The topological polar surface area (TPSA) is 47.3 Å². The molecule has 1 unspecified atom stereocenters. The van der Waals surface area contributed by atoms with E-state index in [-0.39, 0.29) is 5.54 Å². The molecule has 1 atom stereocenters. The third kappa shape index (κ3) is 2.57. The van der Waals surface area contributed by atoms with E-state index in [4.69, 9.17) is 10.5 Å². The number of hydrogen-bond acceptors (Lipinski definition) is 3. The molecule has 13 heavy (non-hydrogen) atoms. The zero-order valence-electron chi connectivity index (χ0n) is 8.34. The summed E-state index contributed by atoms with van der Waals surface area (Å²) in [5, 5.41) is 3.30. The summed E-state index contributed by atoms with van der Waals surface area (Å²) >= 11 is 0. The smallest absolute Gasteiger partial charge is 0.0483 e. The molecule has 1 aliphatic carbocycles. The van der Waals surface area contributed by atoms with Gasteiger partial charge in [-0.2, -0.15) is 0 Å². The molecule has 0 aromatic rings. The van der Waals surface area contributed by atoms with Gasteiger partial charge in [0.05, 0.1) is 0 Å². The monoisotopic (exact) mass is 182 g/mol. The first-order valence-corrected chi connectivity index (χ1v) is 4.54. The molecule has 74 valence electrons. The van der Waals surface area contributed by atoms with Gasteiger partial charge in [0.1, 0.15) is 0 Å². The normalized spacial score (nSPS) is 27.4. The Balaban J connectivity index is 2.61. The van der Waals surface area contributed by atoms with Crippen molar-refractivity contribution in [2.75, 3.05) is 20.8 Å². The fraction of sp³-hybridized carbons (Fsp3) is 0.600. The van der Waals surface area contributed by atoms with Crippen LogP contribution in [-0.2, 0) is 4.74 Å². The fourth-order valence-electron chi connectivity index (χ4n) is 1.59. The molecule has 0 saturated heterocycles. The summed E-state index contributed by atoms with van der Waals surface area (Å²) in [7, 11) is 3.67. The highest BCUT2D eigenvalue weighted by Gasteiger charge is 2.26. The molecule has 0 fully saturated rings. The Kier molecular flexibility index (Phi) is 3.51. The summed E-state index contributed by atoms with van der Waals surface area (Å²) in [5.41, 5.74) is 6.71. The number of allylic oxidation sites excluding steroid dienone is 2. The van der Waals surface area contributed by atoms with Crippen LogP contribution in [0.15, 0.2) is 23.9 Å². The molecule has 0 heterocycles. The third-order valence-corrected chi connectivity index (χ3v) is 2.50. The van der Waals surface area contributed by atoms with E-state index in [1.54, 1.807) is 7.11 Å². The van der Waals surface area contributed by atoms with Gasteiger partial charge in [-0.1, -0.05) is 12.2 Å². The molecule has 3 N–H and O–H groups in total. The molecular formula is C10H18N2O. The average Bonchev–Trinajstić information content (AvgIpc) is 2.15. The number of nitrogens with two attached hydrogens (primary N) is 1. The Labute approximate surface area is 79.6 Å². The van der Waals surface area contributed by atoms with Crippen molar-refractivity contribution < 1.29 is 4.74 Å². The van der Waals surface area contributed by atoms with Crippen LogP contribution in [0.2, 0.25) is 0 Å². The van der Waals surface area contributed by atoms with Crippen molar-refractivity contribution in [2.45, 2.75) is 18.4 Å². The summed E-state index contributed by atoms with van der Waals surface area (Å²) in [5.74, 6) is 0. The highest BCUT2D eigenvalue weighted by Crippen LogP contribution is 2.23. The van der Waals surface area contributed by atoms with Gasteiger partial charge in [0.15, 0.2) is 0 Å². The number of hydrogen-bond donors (Lipinski definition) is 2. The maximum Gasteiger partial charge on any atom is 0.0483 e. The molecule has 0 aromatic carbocycles. The van der Waals surface area contributed by atoms with Crippen LogP contribution in [0.25, 0.3) is 0 Å². The van der Waals surface area contributed by atoms with Gasteiger partial charge in [-0.15, -0.1) is 0 Å². The lowest BCUT2D eigenvalue weighted by molar-refractivity contribution is 0.169. The maximum absolute atomic E-state index is 5.79. The van der Waals surface area contributed by atoms with Crippen LogP contribution >= 0.6 is 0 Å². The van der Waals surface area contributed by atoms with Crippen molar-refractivity contribution in [3.8, 4) is 0 Å². The SMILES string of the molecule is CNC1(CCOC)C=CC=C(N)C1. The maximum atomic E-state index is 5.79. The predicted molar refractivity (Wildman–Crippen MR) is 54.3 cm³/mol. The Bertz CT molecular complexity index is 223. The first-order valence-electron chi connectivity index (χ1n) is 4.54. The van der Waals surface area contributed by atoms with Gasteiger partial charge in [0.25, 0.3) is 0 Å². The minimum absolute atomic E-state index is 0.00512. The van der Waals surface area contributed by atoms with E-state index in [1.807, 2.05) is 19.2 Å². The summed E-state index contributed by atoms with van der Waals surface area (Å²) in [6.07, 6.45) is 7.92. The summed E-state index contributed by atoms with van der Waals surface area (Å²) in [6.45, 7) is 0.748. The second-order valence-electron chi connectivity index (χ2n) is 3.43. The van der Waals surface area contributed by atoms with E-state index in [0.29, 0.717) is 0 Å². The molecule has 1 aliphatic rings. The van der Waals surface area contributed by atoms with E-state index in [1.165, 1.54) is 0 Å². The van der Waals surface area contributed by atoms with Crippen LogP contribution in [-0.4, -0.2) is 26.3 Å². The minimum atomic E-state index is -0.00512.